The van der Waals surface area contributed by atoms with Gasteiger partial charge in [0.25, 0.3) is 5.69 Å². The average Bonchev–Trinajstić information content (AvgIpc) is 2.88. The lowest BCUT2D eigenvalue weighted by Crippen LogP contribution is -2.25. The molecule has 0 fully saturated rings. The van der Waals surface area contributed by atoms with Gasteiger partial charge in [-0.05, 0) is 11.6 Å². The van der Waals surface area contributed by atoms with Crippen molar-refractivity contribution in [2.75, 3.05) is 18.6 Å². The number of hydrogen-bond acceptors (Lipinski definition) is 6. The van der Waals surface area contributed by atoms with Crippen LogP contribution in [0.3, 0.4) is 0 Å². The van der Waals surface area contributed by atoms with Crippen LogP contribution < -0.4 is 4.90 Å². The average molecular weight is 394 g/mol. The molecule has 2 aromatic carbocycles. The fourth-order valence-corrected chi connectivity index (χ4v) is 3.65. The minimum Gasteiger partial charge on any atom is -0.457 e. The number of hydrogen-bond donors (Lipinski definition) is 0. The van der Waals surface area contributed by atoms with Gasteiger partial charge >= 0.3 is 5.97 Å². The zero-order chi connectivity index (χ0) is 21.2. The second-order valence-corrected chi connectivity index (χ2v) is 7.42. The maximum atomic E-state index is 12.4. The van der Waals surface area contributed by atoms with Crippen molar-refractivity contribution < 1.29 is 19.2 Å². The number of nitro groups is 1. The first-order chi connectivity index (χ1) is 13.7. The van der Waals surface area contributed by atoms with Crippen molar-refractivity contribution in [2.45, 2.75) is 25.7 Å². The molecule has 150 valence electrons. The van der Waals surface area contributed by atoms with Crippen molar-refractivity contribution in [3.05, 3.63) is 81.5 Å². The van der Waals surface area contributed by atoms with E-state index in [1.54, 1.807) is 6.07 Å². The highest BCUT2D eigenvalue weighted by Gasteiger charge is 2.38. The predicted octanol–water partition coefficient (Wildman–Crippen LogP) is 3.56. The van der Waals surface area contributed by atoms with E-state index in [1.807, 2.05) is 50.1 Å². The van der Waals surface area contributed by atoms with Crippen molar-refractivity contribution in [2.24, 2.45) is 0 Å². The Bertz CT molecular complexity index is 1010. The molecule has 7 nitrogen and oxygen atoms in total. The van der Waals surface area contributed by atoms with Gasteiger partial charge in [-0.25, -0.2) is 0 Å². The number of carbonyl (C=O) groups is 2. The van der Waals surface area contributed by atoms with Gasteiger partial charge in [0.15, 0.2) is 12.4 Å². The number of para-hydroxylation sites is 2. The molecular formula is C22H22N2O5. The van der Waals surface area contributed by atoms with E-state index in [0.717, 1.165) is 16.9 Å². The molecule has 0 saturated heterocycles. The summed E-state index contributed by atoms with van der Waals surface area (Å²) < 4.78 is 5.06. The summed E-state index contributed by atoms with van der Waals surface area (Å²) in [5.74, 6) is -1.03. The molecule has 1 aliphatic rings. The number of allylic oxidation sites excluding steroid dienone is 1. The number of benzene rings is 2. The number of rotatable bonds is 6. The number of carbonyl (C=O) groups excluding carboxylic acids is 2. The first-order valence-corrected chi connectivity index (χ1v) is 9.18. The lowest BCUT2D eigenvalue weighted by atomic mass is 9.83. The number of anilines is 1. The molecule has 0 aromatic heterocycles. The minimum atomic E-state index is -0.687. The van der Waals surface area contributed by atoms with E-state index in [0.29, 0.717) is 0 Å². The number of esters is 1. The monoisotopic (exact) mass is 394 g/mol. The standard InChI is InChI=1S/C22H22N2O5/c1-22(2)17-9-5-7-11-19(17)23(3)20(22)13-16(25)14-29-21(26)12-15-8-4-6-10-18(15)24(27)28/h4-11,13H,12,14H2,1-3H3. The lowest BCUT2D eigenvalue weighted by molar-refractivity contribution is -0.385. The molecule has 1 aliphatic heterocycles. The molecule has 0 radical (unpaired) electrons. The van der Waals surface area contributed by atoms with Gasteiger partial charge in [-0.3, -0.25) is 19.7 Å². The highest BCUT2D eigenvalue weighted by molar-refractivity contribution is 5.94. The van der Waals surface area contributed by atoms with Gasteiger partial charge in [0.2, 0.25) is 0 Å². The highest BCUT2D eigenvalue weighted by atomic mass is 16.6. The Morgan fingerprint density at radius 3 is 2.48 bits per heavy atom. The SMILES string of the molecule is CN1C(=CC(=O)COC(=O)Cc2ccccc2[N+](=O)[O-])C(C)(C)c2ccccc21. The van der Waals surface area contributed by atoms with Crippen LogP contribution in [0.25, 0.3) is 0 Å². The maximum absolute atomic E-state index is 12.4. The third-order valence-corrected chi connectivity index (χ3v) is 5.14. The van der Waals surface area contributed by atoms with Crippen molar-refractivity contribution in [3.63, 3.8) is 0 Å². The van der Waals surface area contributed by atoms with E-state index in [4.69, 9.17) is 4.74 Å². The van der Waals surface area contributed by atoms with Crippen LogP contribution in [0.5, 0.6) is 0 Å². The minimum absolute atomic E-state index is 0.148. The third-order valence-electron chi connectivity index (χ3n) is 5.14. The molecule has 1 heterocycles. The van der Waals surface area contributed by atoms with Crippen molar-refractivity contribution in [1.82, 2.24) is 0 Å². The first kappa shape index (κ1) is 20.3. The normalized spacial score (nSPS) is 15.8. The first-order valence-electron chi connectivity index (χ1n) is 9.18. The van der Waals surface area contributed by atoms with Crippen molar-refractivity contribution in [1.29, 1.82) is 0 Å². The summed E-state index contributed by atoms with van der Waals surface area (Å²) in [6.07, 6.45) is 1.23. The number of ether oxygens (including phenoxy) is 1. The fourth-order valence-electron chi connectivity index (χ4n) is 3.65. The summed E-state index contributed by atoms with van der Waals surface area (Å²) >= 11 is 0. The Kier molecular flexibility index (Phi) is 5.50. The Hall–Kier alpha value is -3.48. The van der Waals surface area contributed by atoms with E-state index < -0.39 is 17.5 Å². The third kappa shape index (κ3) is 4.03. The molecule has 0 N–H and O–H groups in total. The van der Waals surface area contributed by atoms with Crippen LogP contribution >= 0.6 is 0 Å². The molecule has 3 rings (SSSR count). The number of fused-ring (bicyclic) bond motifs is 1. The van der Waals surface area contributed by atoms with Crippen LogP contribution in [0.15, 0.2) is 60.3 Å². The van der Waals surface area contributed by atoms with Gasteiger partial charge in [0.05, 0.1) is 11.3 Å². The van der Waals surface area contributed by atoms with Crippen LogP contribution in [0.2, 0.25) is 0 Å². The van der Waals surface area contributed by atoms with Crippen LogP contribution in [0, 0.1) is 10.1 Å². The van der Waals surface area contributed by atoms with Gasteiger partial charge in [0, 0.05) is 41.6 Å². The molecule has 29 heavy (non-hydrogen) atoms. The van der Waals surface area contributed by atoms with Gasteiger partial charge < -0.3 is 9.64 Å². The second kappa shape index (κ2) is 7.87. The molecule has 0 amide bonds. The van der Waals surface area contributed by atoms with Gasteiger partial charge in [0.1, 0.15) is 0 Å². The Balaban J connectivity index is 1.66. The number of ketones is 1. The summed E-state index contributed by atoms with van der Waals surface area (Å²) in [7, 11) is 1.90. The molecule has 0 saturated carbocycles. The van der Waals surface area contributed by atoms with Crippen LogP contribution in [-0.4, -0.2) is 30.3 Å². The molecule has 0 aliphatic carbocycles. The zero-order valence-electron chi connectivity index (χ0n) is 16.5. The molecule has 7 heteroatoms. The predicted molar refractivity (Wildman–Crippen MR) is 109 cm³/mol. The number of nitrogens with zero attached hydrogens (tertiary/aromatic N) is 2. The lowest BCUT2D eigenvalue weighted by Gasteiger charge is -2.23. The summed E-state index contributed by atoms with van der Waals surface area (Å²) in [5, 5.41) is 11.0. The Morgan fingerprint density at radius 1 is 1.14 bits per heavy atom. The Morgan fingerprint density at radius 2 is 1.79 bits per heavy atom. The van der Waals surface area contributed by atoms with Gasteiger partial charge in [-0.1, -0.05) is 50.2 Å². The molecule has 0 spiro atoms. The molecule has 0 unspecified atom stereocenters. The maximum Gasteiger partial charge on any atom is 0.310 e. The van der Waals surface area contributed by atoms with E-state index in [1.165, 1.54) is 24.3 Å². The highest BCUT2D eigenvalue weighted by Crippen LogP contribution is 2.46. The van der Waals surface area contributed by atoms with Gasteiger partial charge in [-0.15, -0.1) is 0 Å². The molecule has 2 aromatic rings. The summed E-state index contributed by atoms with van der Waals surface area (Å²) in [4.78, 5) is 36.9. The van der Waals surface area contributed by atoms with E-state index in [2.05, 4.69) is 0 Å². The molecular weight excluding hydrogens is 372 g/mol. The van der Waals surface area contributed by atoms with E-state index in [9.17, 15) is 19.7 Å². The van der Waals surface area contributed by atoms with Crippen LogP contribution in [0.1, 0.15) is 25.0 Å². The largest absolute Gasteiger partial charge is 0.457 e. The Labute approximate surface area is 168 Å². The quantitative estimate of drug-likeness (QED) is 0.322. The zero-order valence-corrected chi connectivity index (χ0v) is 16.5. The van der Waals surface area contributed by atoms with E-state index >= 15 is 0 Å². The molecule has 0 bridgehead atoms. The van der Waals surface area contributed by atoms with Crippen molar-refractivity contribution >= 4 is 23.1 Å². The van der Waals surface area contributed by atoms with E-state index in [-0.39, 0.29) is 28.9 Å². The van der Waals surface area contributed by atoms with Gasteiger partial charge in [-0.2, -0.15) is 0 Å². The number of likely N-dealkylation sites (N-methyl/N-ethyl adjacent to an activating group) is 1. The van der Waals surface area contributed by atoms with Crippen LogP contribution in [0.4, 0.5) is 11.4 Å². The summed E-state index contributed by atoms with van der Waals surface area (Å²) in [5.41, 5.74) is 2.72. The molecule has 0 atom stereocenters. The van der Waals surface area contributed by atoms with Crippen molar-refractivity contribution in [3.8, 4) is 0 Å². The topological polar surface area (TPSA) is 89.8 Å². The van der Waals surface area contributed by atoms with Crippen LogP contribution in [-0.2, 0) is 26.2 Å². The second-order valence-electron chi connectivity index (χ2n) is 7.42. The summed E-state index contributed by atoms with van der Waals surface area (Å²) in [6.45, 7) is 3.66. The smallest absolute Gasteiger partial charge is 0.310 e. The fraction of sp³-hybridized carbons (Fsp3) is 0.273. The number of nitro benzene ring substituents is 1. The summed E-state index contributed by atoms with van der Waals surface area (Å²) in [6, 6.07) is 13.9.